The second kappa shape index (κ2) is 5.87. The van der Waals surface area contributed by atoms with E-state index in [4.69, 9.17) is 0 Å². The minimum Gasteiger partial charge on any atom is -0.301 e. The van der Waals surface area contributed by atoms with Gasteiger partial charge in [0.2, 0.25) is 0 Å². The first kappa shape index (κ1) is 12.9. The maximum atomic E-state index is 11.5. The van der Waals surface area contributed by atoms with Gasteiger partial charge in [-0.25, -0.2) is 4.98 Å². The average molecular weight is 260 g/mol. The van der Waals surface area contributed by atoms with E-state index in [1.165, 1.54) is 5.56 Å². The monoisotopic (exact) mass is 260 g/mol. The highest BCUT2D eigenvalue weighted by Crippen LogP contribution is 2.31. The molecule has 1 aromatic heterocycles. The number of rotatable bonds is 4. The van der Waals surface area contributed by atoms with Gasteiger partial charge in [0, 0.05) is 17.0 Å². The quantitative estimate of drug-likeness (QED) is 0.678. The van der Waals surface area contributed by atoms with Gasteiger partial charge in [-0.15, -0.1) is 0 Å². The number of nitrogens with one attached hydrogen (secondary N) is 1. The molecule has 1 atom stereocenters. The molecule has 94 valence electrons. The van der Waals surface area contributed by atoms with E-state index in [0.29, 0.717) is 5.16 Å². The molecule has 2 aromatic rings. The van der Waals surface area contributed by atoms with E-state index in [1.807, 2.05) is 25.1 Å². The second-order valence-corrected chi connectivity index (χ2v) is 5.40. The van der Waals surface area contributed by atoms with Gasteiger partial charge in [-0.1, -0.05) is 49.0 Å². The lowest BCUT2D eigenvalue weighted by Crippen LogP contribution is -2.09. The molecule has 0 radical (unpaired) electrons. The highest BCUT2D eigenvalue weighted by atomic mass is 32.2. The van der Waals surface area contributed by atoms with Crippen molar-refractivity contribution >= 4 is 11.8 Å². The molecular weight excluding hydrogens is 244 g/mol. The summed E-state index contributed by atoms with van der Waals surface area (Å²) in [5.74, 6) is 0. The molecule has 18 heavy (non-hydrogen) atoms. The molecule has 0 unspecified atom stereocenters. The molecule has 1 N–H and O–H groups in total. The van der Waals surface area contributed by atoms with Gasteiger partial charge >= 0.3 is 0 Å². The molecular formula is C14H16N2OS. The molecule has 0 bridgehead atoms. The van der Waals surface area contributed by atoms with Gasteiger partial charge in [0.05, 0.1) is 0 Å². The Kier molecular flexibility index (Phi) is 4.20. The van der Waals surface area contributed by atoms with Crippen LogP contribution in [0.15, 0.2) is 46.3 Å². The van der Waals surface area contributed by atoms with Crippen LogP contribution in [0, 0.1) is 0 Å². The zero-order valence-corrected chi connectivity index (χ0v) is 11.3. The molecule has 0 aliphatic heterocycles. The minimum absolute atomic E-state index is 0.0791. The number of aryl methyl sites for hydroxylation is 1. The fourth-order valence-electron chi connectivity index (χ4n) is 1.68. The molecule has 0 aliphatic carbocycles. The number of H-pyrrole nitrogens is 1. The summed E-state index contributed by atoms with van der Waals surface area (Å²) in [7, 11) is 0. The summed E-state index contributed by atoms with van der Waals surface area (Å²) in [5, 5.41) is 0.956. The van der Waals surface area contributed by atoms with E-state index < -0.39 is 0 Å². The number of aromatic nitrogens is 2. The van der Waals surface area contributed by atoms with Crippen LogP contribution in [0.25, 0.3) is 0 Å². The molecule has 1 heterocycles. The Morgan fingerprint density at radius 2 is 2.06 bits per heavy atom. The van der Waals surface area contributed by atoms with Gasteiger partial charge in [-0.05, 0) is 18.9 Å². The normalized spacial score (nSPS) is 12.3. The molecule has 3 nitrogen and oxygen atoms in total. The van der Waals surface area contributed by atoms with Crippen LogP contribution in [0.4, 0.5) is 0 Å². The van der Waals surface area contributed by atoms with E-state index in [-0.39, 0.29) is 10.8 Å². The number of hydrogen-bond acceptors (Lipinski definition) is 3. The first-order valence-electron chi connectivity index (χ1n) is 6.01. The number of hydrogen-bond donors (Lipinski definition) is 1. The Morgan fingerprint density at radius 1 is 1.33 bits per heavy atom. The van der Waals surface area contributed by atoms with Crippen molar-refractivity contribution in [1.82, 2.24) is 9.97 Å². The van der Waals surface area contributed by atoms with Crippen molar-refractivity contribution in [2.45, 2.75) is 30.7 Å². The van der Waals surface area contributed by atoms with Crippen LogP contribution in [0.2, 0.25) is 0 Å². The predicted octanol–water partition coefficient (Wildman–Crippen LogP) is 3.19. The lowest BCUT2D eigenvalue weighted by molar-refractivity contribution is 0.863. The van der Waals surface area contributed by atoms with Crippen LogP contribution in [-0.4, -0.2) is 9.97 Å². The molecule has 0 saturated carbocycles. The molecule has 0 saturated heterocycles. The lowest BCUT2D eigenvalue weighted by atomic mass is 10.2. The van der Waals surface area contributed by atoms with Crippen molar-refractivity contribution in [3.63, 3.8) is 0 Å². The molecule has 0 spiro atoms. The zero-order chi connectivity index (χ0) is 13.0. The van der Waals surface area contributed by atoms with Gasteiger partial charge in [-0.3, -0.25) is 4.79 Å². The summed E-state index contributed by atoms with van der Waals surface area (Å²) in [4.78, 5) is 18.7. The fourth-order valence-corrected chi connectivity index (χ4v) is 2.64. The predicted molar refractivity (Wildman–Crippen MR) is 74.9 cm³/mol. The number of nitrogens with zero attached hydrogens (tertiary/aromatic N) is 1. The molecule has 0 aliphatic rings. The number of benzene rings is 1. The van der Waals surface area contributed by atoms with E-state index in [0.717, 1.165) is 12.1 Å². The third kappa shape index (κ3) is 3.23. The zero-order valence-electron chi connectivity index (χ0n) is 10.5. The van der Waals surface area contributed by atoms with E-state index in [1.54, 1.807) is 17.8 Å². The van der Waals surface area contributed by atoms with E-state index in [2.05, 4.69) is 29.0 Å². The summed E-state index contributed by atoms with van der Waals surface area (Å²) >= 11 is 1.57. The fraction of sp³-hybridized carbons (Fsp3) is 0.286. The largest absolute Gasteiger partial charge is 0.301 e. The van der Waals surface area contributed by atoms with Crippen LogP contribution in [0.1, 0.15) is 30.4 Å². The second-order valence-electron chi connectivity index (χ2n) is 4.07. The highest BCUT2D eigenvalue weighted by Gasteiger charge is 2.09. The van der Waals surface area contributed by atoms with Crippen molar-refractivity contribution in [2.75, 3.05) is 0 Å². The average Bonchev–Trinajstić information content (AvgIpc) is 2.39. The number of thioether (sulfide) groups is 1. The molecule has 0 fully saturated rings. The minimum atomic E-state index is -0.0791. The van der Waals surface area contributed by atoms with Crippen LogP contribution in [0.3, 0.4) is 0 Å². The summed E-state index contributed by atoms with van der Waals surface area (Å²) in [6.45, 7) is 4.11. The Labute approximate surface area is 111 Å². The number of aromatic amines is 1. The molecule has 1 aromatic carbocycles. The first-order valence-corrected chi connectivity index (χ1v) is 6.89. The Hall–Kier alpha value is -1.55. The molecule has 2 rings (SSSR count). The Bertz CT molecular complexity index is 566. The third-order valence-corrected chi connectivity index (χ3v) is 3.73. The van der Waals surface area contributed by atoms with Crippen molar-refractivity contribution in [3.8, 4) is 0 Å². The highest BCUT2D eigenvalue weighted by molar-refractivity contribution is 7.99. The molecule has 4 heteroatoms. The standard InChI is InChI=1S/C14H16N2OS/c1-3-12-9-13(17)16-14(15-12)18-10(2)11-7-5-4-6-8-11/h4-10H,3H2,1-2H3,(H,15,16,17)/t10-/m1/s1. The van der Waals surface area contributed by atoms with Crippen LogP contribution in [0.5, 0.6) is 0 Å². The van der Waals surface area contributed by atoms with Gasteiger partial charge in [0.1, 0.15) is 0 Å². The smallest absolute Gasteiger partial charge is 0.251 e. The maximum absolute atomic E-state index is 11.5. The van der Waals surface area contributed by atoms with Crippen molar-refractivity contribution in [2.24, 2.45) is 0 Å². The van der Waals surface area contributed by atoms with E-state index >= 15 is 0 Å². The Balaban J connectivity index is 2.19. The first-order chi connectivity index (χ1) is 8.69. The van der Waals surface area contributed by atoms with Gasteiger partial charge in [0.25, 0.3) is 5.56 Å². The van der Waals surface area contributed by atoms with Gasteiger partial charge in [0.15, 0.2) is 5.16 Å². The summed E-state index contributed by atoms with van der Waals surface area (Å²) < 4.78 is 0. The van der Waals surface area contributed by atoms with Crippen molar-refractivity contribution in [1.29, 1.82) is 0 Å². The third-order valence-electron chi connectivity index (χ3n) is 2.69. The summed E-state index contributed by atoms with van der Waals surface area (Å²) in [6.07, 6.45) is 0.775. The molecule has 0 amide bonds. The Morgan fingerprint density at radius 3 is 2.72 bits per heavy atom. The topological polar surface area (TPSA) is 45.8 Å². The maximum Gasteiger partial charge on any atom is 0.251 e. The van der Waals surface area contributed by atoms with Crippen molar-refractivity contribution < 1.29 is 0 Å². The summed E-state index contributed by atoms with van der Waals surface area (Å²) in [5.41, 5.74) is 1.98. The van der Waals surface area contributed by atoms with Gasteiger partial charge < -0.3 is 4.98 Å². The van der Waals surface area contributed by atoms with E-state index in [9.17, 15) is 4.79 Å². The van der Waals surface area contributed by atoms with Crippen molar-refractivity contribution in [3.05, 3.63) is 58.0 Å². The van der Waals surface area contributed by atoms with Gasteiger partial charge in [-0.2, -0.15) is 0 Å². The van der Waals surface area contributed by atoms with Crippen LogP contribution < -0.4 is 5.56 Å². The van der Waals surface area contributed by atoms with Crippen LogP contribution in [-0.2, 0) is 6.42 Å². The van der Waals surface area contributed by atoms with Crippen LogP contribution >= 0.6 is 11.8 Å². The summed E-state index contributed by atoms with van der Waals surface area (Å²) in [6, 6.07) is 11.8. The SMILES string of the molecule is CCc1cc(=O)[nH]c(S[C@H](C)c2ccccc2)n1. The lowest BCUT2D eigenvalue weighted by Gasteiger charge is -2.10.